The molecular weight excluding hydrogens is 401 g/mol. The molecule has 1 amide bonds. The summed E-state index contributed by atoms with van der Waals surface area (Å²) in [6.45, 7) is 4.72. The quantitative estimate of drug-likeness (QED) is 0.701. The monoisotopic (exact) mass is 433 g/mol. The van der Waals surface area contributed by atoms with E-state index in [0.717, 1.165) is 76.3 Å². The first-order valence-electron chi connectivity index (χ1n) is 11.5. The van der Waals surface area contributed by atoms with Crippen molar-refractivity contribution in [3.8, 4) is 0 Å². The normalized spacial score (nSPS) is 25.3. The minimum Gasteiger partial charge on any atom is -0.367 e. The summed E-state index contributed by atoms with van der Waals surface area (Å²) in [5.41, 5.74) is 1.62. The zero-order chi connectivity index (χ0) is 20.9. The Kier molecular flexibility index (Phi) is 7.32. The van der Waals surface area contributed by atoms with Crippen LogP contribution in [0.15, 0.2) is 29.8 Å². The summed E-state index contributed by atoms with van der Waals surface area (Å²) in [7, 11) is 0. The highest BCUT2D eigenvalue weighted by Crippen LogP contribution is 2.29. The number of carbonyl (C=O) groups excluding carboxylic acids is 1. The van der Waals surface area contributed by atoms with Gasteiger partial charge in [-0.15, -0.1) is 0 Å². The highest BCUT2D eigenvalue weighted by atomic mass is 35.5. The summed E-state index contributed by atoms with van der Waals surface area (Å²) in [6.07, 6.45) is 11.1. The number of nitrogens with zero attached hydrogens (tertiary/aromatic N) is 2. The van der Waals surface area contributed by atoms with Crippen LogP contribution in [0.5, 0.6) is 0 Å². The zero-order valence-corrected chi connectivity index (χ0v) is 18.5. The molecule has 4 nitrogen and oxygen atoms in total. The molecular formula is C24H33ClFN3O. The molecule has 1 saturated carbocycles. The predicted molar refractivity (Wildman–Crippen MR) is 121 cm³/mol. The Morgan fingerprint density at radius 3 is 2.60 bits per heavy atom. The van der Waals surface area contributed by atoms with Gasteiger partial charge in [0.15, 0.2) is 0 Å². The van der Waals surface area contributed by atoms with Crippen LogP contribution < -0.4 is 10.2 Å². The van der Waals surface area contributed by atoms with Gasteiger partial charge in [-0.25, -0.2) is 4.39 Å². The van der Waals surface area contributed by atoms with E-state index < -0.39 is 0 Å². The molecule has 3 aliphatic rings. The summed E-state index contributed by atoms with van der Waals surface area (Å²) >= 11 is 6.04. The van der Waals surface area contributed by atoms with Crippen molar-refractivity contribution in [3.63, 3.8) is 0 Å². The van der Waals surface area contributed by atoms with Gasteiger partial charge in [0, 0.05) is 42.8 Å². The van der Waals surface area contributed by atoms with Crippen molar-refractivity contribution in [2.24, 2.45) is 5.92 Å². The minimum atomic E-state index is -0.194. The first-order chi connectivity index (χ1) is 14.6. The van der Waals surface area contributed by atoms with E-state index in [1.807, 2.05) is 0 Å². The van der Waals surface area contributed by atoms with Gasteiger partial charge in [-0.05, 0) is 82.0 Å². The molecule has 1 heterocycles. The Labute approximate surface area is 184 Å². The molecule has 0 unspecified atom stereocenters. The van der Waals surface area contributed by atoms with Crippen LogP contribution >= 0.6 is 11.6 Å². The summed E-state index contributed by atoms with van der Waals surface area (Å²) < 4.78 is 14.1. The lowest BCUT2D eigenvalue weighted by Gasteiger charge is -2.37. The number of carbonyl (C=O) groups is 1. The van der Waals surface area contributed by atoms with Crippen LogP contribution in [-0.4, -0.2) is 49.6 Å². The third-order valence-corrected chi connectivity index (χ3v) is 7.22. The van der Waals surface area contributed by atoms with Gasteiger partial charge >= 0.3 is 0 Å². The van der Waals surface area contributed by atoms with Crippen LogP contribution in [0.4, 0.5) is 10.1 Å². The number of anilines is 1. The van der Waals surface area contributed by atoms with Crippen molar-refractivity contribution in [2.45, 2.75) is 57.4 Å². The summed E-state index contributed by atoms with van der Waals surface area (Å²) in [5, 5.41) is 3.84. The third kappa shape index (κ3) is 5.55. The number of hydrogen-bond donors (Lipinski definition) is 1. The molecule has 0 aromatic heterocycles. The number of amides is 1. The van der Waals surface area contributed by atoms with Gasteiger partial charge in [0.25, 0.3) is 0 Å². The van der Waals surface area contributed by atoms with Gasteiger partial charge in [0.05, 0.1) is 5.69 Å². The Bertz CT molecular complexity index is 768. The van der Waals surface area contributed by atoms with Gasteiger partial charge in [-0.1, -0.05) is 17.7 Å². The van der Waals surface area contributed by atoms with E-state index in [1.54, 1.807) is 12.1 Å². The van der Waals surface area contributed by atoms with Crippen LogP contribution in [0, 0.1) is 11.7 Å². The fourth-order valence-electron chi connectivity index (χ4n) is 5.06. The van der Waals surface area contributed by atoms with Crippen molar-refractivity contribution in [3.05, 3.63) is 40.7 Å². The average Bonchev–Trinajstić information content (AvgIpc) is 3.31. The summed E-state index contributed by atoms with van der Waals surface area (Å²) in [6, 6.07) is 5.13. The molecule has 2 fully saturated rings. The molecule has 30 heavy (non-hydrogen) atoms. The fourth-order valence-corrected chi connectivity index (χ4v) is 5.22. The molecule has 164 valence electrons. The second kappa shape index (κ2) is 10.1. The van der Waals surface area contributed by atoms with E-state index in [4.69, 9.17) is 11.6 Å². The van der Waals surface area contributed by atoms with Crippen LogP contribution in [-0.2, 0) is 4.79 Å². The Balaban J connectivity index is 1.14. The van der Waals surface area contributed by atoms with Crippen molar-refractivity contribution < 1.29 is 9.18 Å². The van der Waals surface area contributed by atoms with Crippen LogP contribution in [0.1, 0.15) is 51.4 Å². The lowest BCUT2D eigenvalue weighted by atomic mass is 9.84. The Morgan fingerprint density at radius 2 is 1.90 bits per heavy atom. The zero-order valence-electron chi connectivity index (χ0n) is 17.7. The molecule has 1 aromatic rings. The molecule has 0 spiro atoms. The maximum atomic E-state index is 14.1. The molecule has 0 atom stereocenters. The largest absolute Gasteiger partial charge is 0.367 e. The van der Waals surface area contributed by atoms with Crippen molar-refractivity contribution in [1.82, 2.24) is 10.2 Å². The van der Waals surface area contributed by atoms with Gasteiger partial charge in [0.2, 0.25) is 5.91 Å². The number of benzene rings is 1. The van der Waals surface area contributed by atoms with Gasteiger partial charge in [-0.2, -0.15) is 0 Å². The highest BCUT2D eigenvalue weighted by Gasteiger charge is 2.25. The minimum absolute atomic E-state index is 0.171. The second-order valence-corrected chi connectivity index (χ2v) is 9.46. The molecule has 1 aliphatic heterocycles. The van der Waals surface area contributed by atoms with E-state index in [2.05, 4.69) is 21.2 Å². The molecule has 2 aliphatic carbocycles. The number of piperazine rings is 1. The van der Waals surface area contributed by atoms with Crippen LogP contribution in [0.2, 0.25) is 5.02 Å². The number of rotatable bonds is 6. The molecule has 0 bridgehead atoms. The van der Waals surface area contributed by atoms with E-state index in [9.17, 15) is 9.18 Å². The third-order valence-electron chi connectivity index (χ3n) is 6.99. The molecule has 4 rings (SSSR count). The molecule has 0 radical (unpaired) electrons. The summed E-state index contributed by atoms with van der Waals surface area (Å²) in [5.74, 6) is 0.734. The maximum Gasteiger partial charge on any atom is 0.247 e. The molecule has 1 aromatic carbocycles. The first-order valence-corrected chi connectivity index (χ1v) is 11.9. The Hall–Kier alpha value is -1.59. The van der Waals surface area contributed by atoms with E-state index >= 15 is 0 Å². The number of hydrogen-bond acceptors (Lipinski definition) is 3. The smallest absolute Gasteiger partial charge is 0.247 e. The predicted octanol–water partition coefficient (Wildman–Crippen LogP) is 4.78. The van der Waals surface area contributed by atoms with E-state index in [0.29, 0.717) is 16.8 Å². The SMILES string of the molecule is O=C(NC1CCC(CCN2CCN(c3cc(Cl)ccc3F)CC2)CC1)C1=CCCC1. The number of nitrogens with one attached hydrogen (secondary N) is 1. The van der Waals surface area contributed by atoms with Crippen LogP contribution in [0.25, 0.3) is 0 Å². The molecule has 1 saturated heterocycles. The lowest BCUT2D eigenvalue weighted by molar-refractivity contribution is -0.118. The van der Waals surface area contributed by atoms with Gasteiger partial charge in [-0.3, -0.25) is 9.69 Å². The Morgan fingerprint density at radius 1 is 1.13 bits per heavy atom. The lowest BCUT2D eigenvalue weighted by Crippen LogP contribution is -2.47. The second-order valence-electron chi connectivity index (χ2n) is 9.03. The topological polar surface area (TPSA) is 35.6 Å². The molecule has 1 N–H and O–H groups in total. The maximum absolute atomic E-state index is 14.1. The fraction of sp³-hybridized carbons (Fsp3) is 0.625. The van der Waals surface area contributed by atoms with Crippen molar-refractivity contribution in [2.75, 3.05) is 37.6 Å². The first kappa shape index (κ1) is 21.6. The van der Waals surface area contributed by atoms with Gasteiger partial charge < -0.3 is 10.2 Å². The standard InChI is InChI=1S/C24H33ClFN3O/c25-20-7-10-22(26)23(17-20)29-15-13-28(14-16-29)12-11-18-5-8-21(9-6-18)27-24(30)19-3-1-2-4-19/h3,7,10,17-18,21H,1-2,4-6,8-9,11-16H2,(H,27,30). The van der Waals surface area contributed by atoms with Crippen molar-refractivity contribution >= 4 is 23.2 Å². The number of halogens is 2. The van der Waals surface area contributed by atoms with E-state index in [-0.39, 0.29) is 11.7 Å². The summed E-state index contributed by atoms with van der Waals surface area (Å²) in [4.78, 5) is 16.9. The van der Waals surface area contributed by atoms with Gasteiger partial charge in [0.1, 0.15) is 5.82 Å². The van der Waals surface area contributed by atoms with Crippen molar-refractivity contribution in [1.29, 1.82) is 0 Å². The number of allylic oxidation sites excluding steroid dienone is 1. The molecule has 6 heteroatoms. The highest BCUT2D eigenvalue weighted by molar-refractivity contribution is 6.30. The average molecular weight is 434 g/mol. The van der Waals surface area contributed by atoms with Crippen LogP contribution in [0.3, 0.4) is 0 Å². The van der Waals surface area contributed by atoms with E-state index in [1.165, 1.54) is 25.3 Å².